The van der Waals surface area contributed by atoms with E-state index in [9.17, 15) is 19.2 Å². The Hall–Kier alpha value is -4.59. The third kappa shape index (κ3) is 6.77. The molecular weight excluding hydrogens is 516 g/mol. The summed E-state index contributed by atoms with van der Waals surface area (Å²) in [6, 6.07) is 25.0. The standard InChI is InChI=1S/C33H34N4O4/c1-22(38)10-9-17-29(39)35-32-33(41)37(21-30(40)34-26-19-18-23-11-5-6-14-25(23)20-26)28-16-8-7-15-27(28)31(36-32)24-12-3-2-4-13-24/h2-8,11-16,26,32H,9-10,17-21H2,1H3,(H,34,40)(H,35,39). The van der Waals surface area contributed by atoms with Crippen LogP contribution < -0.4 is 15.5 Å². The van der Waals surface area contributed by atoms with Gasteiger partial charge < -0.3 is 15.4 Å². The first-order chi connectivity index (χ1) is 19.9. The molecule has 3 amide bonds. The molecule has 1 aliphatic carbocycles. The lowest BCUT2D eigenvalue weighted by Crippen LogP contribution is -2.51. The first-order valence-corrected chi connectivity index (χ1v) is 14.1. The Balaban J connectivity index is 1.41. The lowest BCUT2D eigenvalue weighted by molar-refractivity contribution is -0.128. The lowest BCUT2D eigenvalue weighted by atomic mass is 9.88. The highest BCUT2D eigenvalue weighted by Crippen LogP contribution is 2.28. The molecule has 2 atom stereocenters. The minimum Gasteiger partial charge on any atom is -0.351 e. The fraction of sp³-hybridized carbons (Fsp3) is 0.303. The van der Waals surface area contributed by atoms with Gasteiger partial charge in [0.2, 0.25) is 18.0 Å². The molecule has 0 radical (unpaired) electrons. The molecule has 8 nitrogen and oxygen atoms in total. The zero-order valence-corrected chi connectivity index (χ0v) is 23.1. The van der Waals surface area contributed by atoms with Crippen LogP contribution in [0.3, 0.4) is 0 Å². The van der Waals surface area contributed by atoms with E-state index in [1.54, 1.807) is 6.07 Å². The topological polar surface area (TPSA) is 108 Å². The van der Waals surface area contributed by atoms with Gasteiger partial charge in [-0.25, -0.2) is 4.99 Å². The molecule has 0 fully saturated rings. The van der Waals surface area contributed by atoms with E-state index < -0.39 is 12.1 Å². The Labute approximate surface area is 239 Å². The largest absolute Gasteiger partial charge is 0.351 e. The first kappa shape index (κ1) is 28.0. The highest BCUT2D eigenvalue weighted by Gasteiger charge is 2.34. The Kier molecular flexibility index (Phi) is 8.67. The van der Waals surface area contributed by atoms with Crippen LogP contribution >= 0.6 is 0 Å². The molecular formula is C33H34N4O4. The summed E-state index contributed by atoms with van der Waals surface area (Å²) in [7, 11) is 0. The van der Waals surface area contributed by atoms with Crippen LogP contribution in [0.25, 0.3) is 0 Å². The van der Waals surface area contributed by atoms with Gasteiger partial charge in [-0.2, -0.15) is 0 Å². The summed E-state index contributed by atoms with van der Waals surface area (Å²) in [6.45, 7) is 1.28. The Bertz CT molecular complexity index is 1480. The van der Waals surface area contributed by atoms with Crippen molar-refractivity contribution in [2.75, 3.05) is 11.4 Å². The number of benzodiazepines with no additional fused rings is 1. The number of hydrogen-bond donors (Lipinski definition) is 2. The van der Waals surface area contributed by atoms with Gasteiger partial charge in [-0.15, -0.1) is 0 Å². The van der Waals surface area contributed by atoms with E-state index in [-0.39, 0.29) is 43.0 Å². The fourth-order valence-electron chi connectivity index (χ4n) is 5.47. The van der Waals surface area contributed by atoms with Gasteiger partial charge in [-0.1, -0.05) is 72.8 Å². The number of nitrogens with zero attached hydrogens (tertiary/aromatic N) is 2. The molecule has 0 aromatic heterocycles. The Morgan fingerprint density at radius 1 is 0.854 bits per heavy atom. The molecule has 2 N–H and O–H groups in total. The van der Waals surface area contributed by atoms with Crippen LogP contribution in [0.2, 0.25) is 0 Å². The summed E-state index contributed by atoms with van der Waals surface area (Å²) < 4.78 is 0. The van der Waals surface area contributed by atoms with Crippen molar-refractivity contribution >= 4 is 34.9 Å². The number of aryl methyl sites for hydroxylation is 1. The summed E-state index contributed by atoms with van der Waals surface area (Å²) in [5.41, 5.74) is 5.12. The molecule has 2 unspecified atom stereocenters. The van der Waals surface area contributed by atoms with E-state index in [1.165, 1.54) is 23.0 Å². The minimum atomic E-state index is -1.23. The molecule has 3 aromatic carbocycles. The number of anilines is 1. The molecule has 210 valence electrons. The third-order valence-corrected chi connectivity index (χ3v) is 7.50. The molecule has 0 bridgehead atoms. The highest BCUT2D eigenvalue weighted by atomic mass is 16.2. The van der Waals surface area contributed by atoms with Crippen molar-refractivity contribution in [3.8, 4) is 0 Å². The van der Waals surface area contributed by atoms with E-state index in [0.717, 1.165) is 24.8 Å². The van der Waals surface area contributed by atoms with Crippen LogP contribution in [-0.2, 0) is 32.0 Å². The second-order valence-electron chi connectivity index (χ2n) is 10.6. The van der Waals surface area contributed by atoms with Crippen LogP contribution in [0.5, 0.6) is 0 Å². The quantitative estimate of drug-likeness (QED) is 0.423. The Morgan fingerprint density at radius 3 is 2.34 bits per heavy atom. The van der Waals surface area contributed by atoms with Crippen LogP contribution in [0, 0.1) is 0 Å². The molecule has 0 spiro atoms. The summed E-state index contributed by atoms with van der Waals surface area (Å²) >= 11 is 0. The highest BCUT2D eigenvalue weighted by molar-refractivity contribution is 6.20. The molecule has 0 saturated carbocycles. The minimum absolute atomic E-state index is 0.00168. The number of ketones is 1. The van der Waals surface area contributed by atoms with Crippen molar-refractivity contribution in [2.24, 2.45) is 4.99 Å². The number of fused-ring (bicyclic) bond motifs is 2. The number of rotatable bonds is 9. The predicted molar refractivity (Wildman–Crippen MR) is 158 cm³/mol. The van der Waals surface area contributed by atoms with E-state index in [4.69, 9.17) is 4.99 Å². The van der Waals surface area contributed by atoms with Gasteiger partial charge in [0.1, 0.15) is 12.3 Å². The molecule has 1 heterocycles. The molecule has 2 aliphatic rings. The fourth-order valence-corrected chi connectivity index (χ4v) is 5.47. The van der Waals surface area contributed by atoms with Crippen LogP contribution in [-0.4, -0.2) is 48.0 Å². The van der Waals surface area contributed by atoms with Gasteiger partial charge >= 0.3 is 0 Å². The van der Waals surface area contributed by atoms with Crippen molar-refractivity contribution in [2.45, 2.75) is 57.7 Å². The van der Waals surface area contributed by atoms with Gasteiger partial charge in [-0.3, -0.25) is 19.3 Å². The molecule has 0 saturated heterocycles. The van der Waals surface area contributed by atoms with Crippen LogP contribution in [0.1, 0.15) is 54.9 Å². The van der Waals surface area contributed by atoms with E-state index in [0.29, 0.717) is 23.4 Å². The van der Waals surface area contributed by atoms with Gasteiger partial charge in [-0.05, 0) is 49.8 Å². The summed E-state index contributed by atoms with van der Waals surface area (Å²) in [6.07, 6.45) is 1.99. The Morgan fingerprint density at radius 2 is 1.56 bits per heavy atom. The molecule has 1 aliphatic heterocycles. The average Bonchev–Trinajstić information content (AvgIpc) is 3.08. The molecule has 5 rings (SSSR count). The third-order valence-electron chi connectivity index (χ3n) is 7.50. The maximum absolute atomic E-state index is 14.0. The number of aliphatic imine (C=N–C) groups is 1. The monoisotopic (exact) mass is 550 g/mol. The number of amides is 3. The zero-order chi connectivity index (χ0) is 28.8. The maximum Gasteiger partial charge on any atom is 0.272 e. The second kappa shape index (κ2) is 12.7. The number of carbonyl (C=O) groups is 4. The molecule has 3 aromatic rings. The van der Waals surface area contributed by atoms with E-state index in [2.05, 4.69) is 22.8 Å². The summed E-state index contributed by atoms with van der Waals surface area (Å²) in [5.74, 6) is -1.14. The van der Waals surface area contributed by atoms with Crippen molar-refractivity contribution in [3.63, 3.8) is 0 Å². The number of carbonyl (C=O) groups excluding carboxylic acids is 4. The van der Waals surface area contributed by atoms with Crippen molar-refractivity contribution in [3.05, 3.63) is 101 Å². The van der Waals surface area contributed by atoms with Gasteiger partial charge in [0.05, 0.1) is 11.4 Å². The van der Waals surface area contributed by atoms with Crippen LogP contribution in [0.15, 0.2) is 83.9 Å². The normalized spacial score (nSPS) is 17.9. The average molecular weight is 551 g/mol. The van der Waals surface area contributed by atoms with E-state index in [1.807, 2.05) is 60.7 Å². The lowest BCUT2D eigenvalue weighted by Gasteiger charge is -2.28. The predicted octanol–water partition coefficient (Wildman–Crippen LogP) is 3.75. The number of Topliss-reactive ketones (excluding diaryl/α,β-unsaturated/α-hetero) is 1. The SMILES string of the molecule is CC(=O)CCCC(=O)NC1N=C(c2ccccc2)c2ccccc2N(CC(=O)NC2CCc3ccccc3C2)C1=O. The number of hydrogen-bond acceptors (Lipinski definition) is 5. The van der Waals surface area contributed by atoms with Crippen molar-refractivity contribution < 1.29 is 19.2 Å². The van der Waals surface area contributed by atoms with Gasteiger partial charge in [0, 0.05) is 30.0 Å². The summed E-state index contributed by atoms with van der Waals surface area (Å²) in [5, 5.41) is 5.88. The smallest absolute Gasteiger partial charge is 0.272 e. The number of para-hydroxylation sites is 1. The second-order valence-corrected chi connectivity index (χ2v) is 10.6. The number of nitrogens with one attached hydrogen (secondary N) is 2. The van der Waals surface area contributed by atoms with Gasteiger partial charge in [0.25, 0.3) is 5.91 Å². The number of benzene rings is 3. The molecule has 8 heteroatoms. The summed E-state index contributed by atoms with van der Waals surface area (Å²) in [4.78, 5) is 57.7. The zero-order valence-electron chi connectivity index (χ0n) is 23.1. The van der Waals surface area contributed by atoms with Gasteiger partial charge in [0.15, 0.2) is 0 Å². The van der Waals surface area contributed by atoms with Crippen LogP contribution in [0.4, 0.5) is 5.69 Å². The van der Waals surface area contributed by atoms with Crippen molar-refractivity contribution in [1.82, 2.24) is 10.6 Å². The van der Waals surface area contributed by atoms with E-state index >= 15 is 0 Å². The molecule has 41 heavy (non-hydrogen) atoms. The first-order valence-electron chi connectivity index (χ1n) is 14.1. The maximum atomic E-state index is 14.0. The van der Waals surface area contributed by atoms with Crippen molar-refractivity contribution in [1.29, 1.82) is 0 Å².